The summed E-state index contributed by atoms with van der Waals surface area (Å²) in [5.41, 5.74) is 0. The van der Waals surface area contributed by atoms with E-state index in [-0.39, 0.29) is 0 Å². The highest BCUT2D eigenvalue weighted by molar-refractivity contribution is 7.80. The van der Waals surface area contributed by atoms with Crippen molar-refractivity contribution >= 4 is 12.6 Å². The van der Waals surface area contributed by atoms with Gasteiger partial charge in [-0.15, -0.1) is 12.6 Å². The average molecular weight is 244 g/mol. The van der Waals surface area contributed by atoms with Crippen LogP contribution in [0.15, 0.2) is 23.1 Å². The van der Waals surface area contributed by atoms with Crippen LogP contribution in [0, 0.1) is 0 Å². The van der Waals surface area contributed by atoms with Crippen LogP contribution >= 0.6 is 12.6 Å². The molecule has 1 aliphatic heterocycles. The van der Waals surface area contributed by atoms with Gasteiger partial charge in [0.15, 0.2) is 11.5 Å². The predicted molar refractivity (Wildman–Crippen MR) is 73.9 cm³/mol. The second-order valence-corrected chi connectivity index (χ2v) is 2.55. The zero-order valence-corrected chi connectivity index (χ0v) is 12.1. The van der Waals surface area contributed by atoms with Crippen LogP contribution in [-0.2, 0) is 0 Å². The van der Waals surface area contributed by atoms with Crippen LogP contribution in [0.25, 0.3) is 0 Å². The van der Waals surface area contributed by atoms with Gasteiger partial charge < -0.3 is 9.47 Å². The molecule has 3 heteroatoms. The van der Waals surface area contributed by atoms with Crippen molar-refractivity contribution in [1.29, 1.82) is 0 Å². The smallest absolute Gasteiger partial charge is 0.231 e. The first kappa shape index (κ1) is 17.6. The van der Waals surface area contributed by atoms with Crippen molar-refractivity contribution in [3.63, 3.8) is 0 Å². The summed E-state index contributed by atoms with van der Waals surface area (Å²) in [7, 11) is 0. The summed E-state index contributed by atoms with van der Waals surface area (Å²) in [4.78, 5) is 0.893. The van der Waals surface area contributed by atoms with Gasteiger partial charge >= 0.3 is 0 Å². The molecule has 0 saturated carbocycles. The molecular formula is C13H24O2S. The van der Waals surface area contributed by atoms with E-state index in [0.717, 1.165) is 16.4 Å². The second-order valence-electron chi connectivity index (χ2n) is 2.04. The highest BCUT2D eigenvalue weighted by Crippen LogP contribution is 2.33. The van der Waals surface area contributed by atoms with Gasteiger partial charge in [-0.3, -0.25) is 0 Å². The molecule has 0 N–H and O–H groups in total. The quantitative estimate of drug-likeness (QED) is 0.662. The van der Waals surface area contributed by atoms with Crippen molar-refractivity contribution in [1.82, 2.24) is 0 Å². The molecule has 0 radical (unpaired) electrons. The minimum Gasteiger partial charge on any atom is -0.454 e. The van der Waals surface area contributed by atoms with Crippen LogP contribution in [0.4, 0.5) is 0 Å². The normalized spacial score (nSPS) is 9.69. The molecule has 94 valence electrons. The Morgan fingerprint density at radius 2 is 1.38 bits per heavy atom. The van der Waals surface area contributed by atoms with Crippen molar-refractivity contribution in [2.24, 2.45) is 0 Å². The second kappa shape index (κ2) is 12.2. The predicted octanol–water partition coefficient (Wildman–Crippen LogP) is 4.78. The lowest BCUT2D eigenvalue weighted by atomic mass is 10.3. The fourth-order valence-electron chi connectivity index (χ4n) is 0.885. The third-order valence-corrected chi connectivity index (χ3v) is 1.63. The number of rotatable bonds is 0. The summed E-state index contributed by atoms with van der Waals surface area (Å²) in [6, 6.07) is 5.56. The Hall–Kier alpha value is -0.830. The summed E-state index contributed by atoms with van der Waals surface area (Å²) in [5, 5.41) is 0. The maximum Gasteiger partial charge on any atom is 0.231 e. The van der Waals surface area contributed by atoms with E-state index in [1.54, 1.807) is 0 Å². The van der Waals surface area contributed by atoms with Gasteiger partial charge in [-0.05, 0) is 18.2 Å². The first-order valence-corrected chi connectivity index (χ1v) is 6.39. The van der Waals surface area contributed by atoms with Crippen molar-refractivity contribution < 1.29 is 9.47 Å². The molecule has 0 spiro atoms. The summed E-state index contributed by atoms with van der Waals surface area (Å²) >= 11 is 4.15. The van der Waals surface area contributed by atoms with E-state index in [0.29, 0.717) is 6.79 Å². The molecule has 0 unspecified atom stereocenters. The fraction of sp³-hybridized carbons (Fsp3) is 0.538. The van der Waals surface area contributed by atoms with Crippen molar-refractivity contribution in [2.75, 3.05) is 6.79 Å². The van der Waals surface area contributed by atoms with Gasteiger partial charge in [-0.2, -0.15) is 0 Å². The van der Waals surface area contributed by atoms with E-state index in [2.05, 4.69) is 12.6 Å². The largest absolute Gasteiger partial charge is 0.454 e. The van der Waals surface area contributed by atoms with Crippen LogP contribution in [0.1, 0.15) is 41.5 Å². The number of ether oxygens (including phenoxy) is 2. The molecule has 0 fully saturated rings. The van der Waals surface area contributed by atoms with Crippen molar-refractivity contribution in [2.45, 2.75) is 46.4 Å². The van der Waals surface area contributed by atoms with Gasteiger partial charge in [0.25, 0.3) is 0 Å². The Balaban J connectivity index is 0. The Labute approximate surface area is 105 Å². The molecular weight excluding hydrogens is 220 g/mol. The molecule has 0 amide bonds. The van der Waals surface area contributed by atoms with E-state index >= 15 is 0 Å². The maximum atomic E-state index is 5.11. The number of thiol groups is 1. The lowest BCUT2D eigenvalue weighted by Crippen LogP contribution is -1.92. The monoisotopic (exact) mass is 244 g/mol. The number of fused-ring (bicyclic) bond motifs is 1. The van der Waals surface area contributed by atoms with E-state index in [9.17, 15) is 0 Å². The zero-order chi connectivity index (χ0) is 13.0. The van der Waals surface area contributed by atoms with E-state index in [1.807, 2.05) is 59.7 Å². The Morgan fingerprint density at radius 1 is 0.875 bits per heavy atom. The first-order valence-electron chi connectivity index (χ1n) is 5.95. The average Bonchev–Trinajstić information content (AvgIpc) is 2.84. The Bertz CT molecular complexity index is 262. The SMILES string of the molecule is CC.CC.CC.Sc1ccc2c(c1)OCO2. The van der Waals surface area contributed by atoms with Gasteiger partial charge in [-0.25, -0.2) is 0 Å². The van der Waals surface area contributed by atoms with E-state index in [1.165, 1.54) is 0 Å². The van der Waals surface area contributed by atoms with Crippen molar-refractivity contribution in [3.8, 4) is 11.5 Å². The number of hydrogen-bond donors (Lipinski definition) is 1. The van der Waals surface area contributed by atoms with Crippen LogP contribution in [-0.4, -0.2) is 6.79 Å². The zero-order valence-electron chi connectivity index (χ0n) is 11.2. The summed E-state index contributed by atoms with van der Waals surface area (Å²) in [6.45, 7) is 12.3. The Morgan fingerprint density at radius 3 is 1.94 bits per heavy atom. The van der Waals surface area contributed by atoms with Crippen LogP contribution in [0.3, 0.4) is 0 Å². The highest BCUT2D eigenvalue weighted by atomic mass is 32.1. The van der Waals surface area contributed by atoms with Crippen molar-refractivity contribution in [3.05, 3.63) is 18.2 Å². The maximum absolute atomic E-state index is 5.11. The van der Waals surface area contributed by atoms with E-state index < -0.39 is 0 Å². The first-order chi connectivity index (χ1) is 7.86. The summed E-state index contributed by atoms with van der Waals surface area (Å²) in [6.07, 6.45) is 0. The van der Waals surface area contributed by atoms with E-state index in [4.69, 9.17) is 9.47 Å². The number of hydrogen-bond acceptors (Lipinski definition) is 3. The minimum absolute atomic E-state index is 0.326. The molecule has 1 aliphatic rings. The minimum atomic E-state index is 0.326. The molecule has 0 aliphatic carbocycles. The van der Waals surface area contributed by atoms with Crippen LogP contribution < -0.4 is 9.47 Å². The van der Waals surface area contributed by atoms with Gasteiger partial charge in [-0.1, -0.05) is 41.5 Å². The fourth-order valence-corrected chi connectivity index (χ4v) is 1.08. The molecule has 1 heterocycles. The number of benzene rings is 1. The standard InChI is InChI=1S/C7H6O2S.3C2H6/c10-5-1-2-6-7(3-5)9-4-8-6;3*1-2/h1-3,10H,4H2;3*1-2H3. The van der Waals surface area contributed by atoms with Crippen LogP contribution in [0.5, 0.6) is 11.5 Å². The van der Waals surface area contributed by atoms with Gasteiger partial charge in [0.2, 0.25) is 6.79 Å². The molecule has 0 aromatic heterocycles. The third kappa shape index (κ3) is 5.91. The van der Waals surface area contributed by atoms with Gasteiger partial charge in [0.1, 0.15) is 0 Å². The van der Waals surface area contributed by atoms with Gasteiger partial charge in [0, 0.05) is 4.90 Å². The van der Waals surface area contributed by atoms with Crippen LogP contribution in [0.2, 0.25) is 0 Å². The molecule has 2 rings (SSSR count). The van der Waals surface area contributed by atoms with Gasteiger partial charge in [0.05, 0.1) is 0 Å². The Kier molecular flexibility index (Phi) is 13.4. The third-order valence-electron chi connectivity index (χ3n) is 1.36. The molecule has 0 saturated heterocycles. The highest BCUT2D eigenvalue weighted by Gasteiger charge is 2.11. The molecule has 0 atom stereocenters. The molecule has 16 heavy (non-hydrogen) atoms. The lowest BCUT2D eigenvalue weighted by Gasteiger charge is -1.94. The summed E-state index contributed by atoms with van der Waals surface area (Å²) in [5.74, 6) is 1.59. The molecule has 2 nitrogen and oxygen atoms in total. The molecule has 0 bridgehead atoms. The topological polar surface area (TPSA) is 18.5 Å². The molecule has 1 aromatic carbocycles. The molecule has 1 aromatic rings. The lowest BCUT2D eigenvalue weighted by molar-refractivity contribution is 0.174. The summed E-state index contributed by atoms with van der Waals surface area (Å²) < 4.78 is 10.2.